The van der Waals surface area contributed by atoms with E-state index in [0.29, 0.717) is 0 Å². The van der Waals surface area contributed by atoms with E-state index in [9.17, 15) is 8.42 Å². The van der Waals surface area contributed by atoms with Crippen molar-refractivity contribution in [1.29, 1.82) is 0 Å². The van der Waals surface area contributed by atoms with Gasteiger partial charge < -0.3 is 5.32 Å². The predicted molar refractivity (Wildman–Crippen MR) is 80.2 cm³/mol. The molecule has 1 aliphatic heterocycles. The van der Waals surface area contributed by atoms with Gasteiger partial charge >= 0.3 is 0 Å². The molecule has 0 bridgehead atoms. The van der Waals surface area contributed by atoms with E-state index in [1.165, 1.54) is 25.7 Å². The maximum atomic E-state index is 12.0. The van der Waals surface area contributed by atoms with E-state index in [0.717, 1.165) is 51.0 Å². The van der Waals surface area contributed by atoms with Crippen LogP contribution in [0.15, 0.2) is 0 Å². The summed E-state index contributed by atoms with van der Waals surface area (Å²) in [6.07, 6.45) is 7.86. The van der Waals surface area contributed by atoms with E-state index in [1.54, 1.807) is 0 Å². The molecule has 1 atom stereocenters. The fourth-order valence-corrected chi connectivity index (χ4v) is 4.38. The molecule has 6 heteroatoms. The lowest BCUT2D eigenvalue weighted by Gasteiger charge is -2.16. The fourth-order valence-electron chi connectivity index (χ4n) is 2.98. The average molecular weight is 301 g/mol. The van der Waals surface area contributed by atoms with E-state index in [1.807, 2.05) is 0 Å². The molecular formula is C14H27N3O2S. The first-order valence-corrected chi connectivity index (χ1v) is 9.75. The molecule has 20 heavy (non-hydrogen) atoms. The molecule has 0 spiro atoms. The molecule has 1 saturated heterocycles. The van der Waals surface area contributed by atoms with Crippen LogP contribution >= 0.6 is 0 Å². The molecule has 3 fully saturated rings. The van der Waals surface area contributed by atoms with Gasteiger partial charge in [0.15, 0.2) is 0 Å². The maximum Gasteiger partial charge on any atom is 0.211 e. The highest BCUT2D eigenvalue weighted by atomic mass is 32.2. The Balaban J connectivity index is 1.30. The van der Waals surface area contributed by atoms with Gasteiger partial charge in [-0.3, -0.25) is 4.90 Å². The lowest BCUT2D eigenvalue weighted by atomic mass is 10.3. The second-order valence-electron chi connectivity index (χ2n) is 6.58. The quantitative estimate of drug-likeness (QED) is 0.615. The summed E-state index contributed by atoms with van der Waals surface area (Å²) in [5, 5.41) is 3.42. The van der Waals surface area contributed by atoms with E-state index >= 15 is 0 Å². The van der Waals surface area contributed by atoms with E-state index in [-0.39, 0.29) is 11.8 Å². The maximum absolute atomic E-state index is 12.0. The highest BCUT2D eigenvalue weighted by Gasteiger charge is 2.35. The van der Waals surface area contributed by atoms with Gasteiger partial charge in [0.2, 0.25) is 10.0 Å². The Morgan fingerprint density at radius 3 is 2.50 bits per heavy atom. The molecule has 3 aliphatic rings. The first-order valence-electron chi connectivity index (χ1n) is 8.10. The van der Waals surface area contributed by atoms with Crippen molar-refractivity contribution < 1.29 is 8.42 Å². The minimum Gasteiger partial charge on any atom is -0.314 e. The molecule has 2 saturated carbocycles. The first kappa shape index (κ1) is 14.8. The number of hydrogen-bond donors (Lipinski definition) is 2. The number of rotatable bonds is 9. The molecule has 0 aromatic rings. The van der Waals surface area contributed by atoms with Crippen LogP contribution < -0.4 is 10.0 Å². The van der Waals surface area contributed by atoms with Crippen molar-refractivity contribution in [3.63, 3.8) is 0 Å². The topological polar surface area (TPSA) is 61.4 Å². The van der Waals surface area contributed by atoms with Gasteiger partial charge in [0.05, 0.1) is 5.75 Å². The van der Waals surface area contributed by atoms with Gasteiger partial charge in [0, 0.05) is 31.2 Å². The summed E-state index contributed by atoms with van der Waals surface area (Å²) in [4.78, 5) is 2.44. The molecule has 3 rings (SSSR count). The molecule has 2 aliphatic carbocycles. The van der Waals surface area contributed by atoms with Crippen LogP contribution in [0.2, 0.25) is 0 Å². The summed E-state index contributed by atoms with van der Waals surface area (Å²) in [7, 11) is -3.08. The Labute approximate surface area is 122 Å². The standard InChI is InChI=1S/C14H27N3O2S/c18-20(19,10-2-1-8-15-12-3-4-12)16-13-7-9-17(11-13)14-5-6-14/h12-16H,1-11H2. The molecule has 0 aromatic carbocycles. The summed E-state index contributed by atoms with van der Waals surface area (Å²) in [5.41, 5.74) is 0. The largest absolute Gasteiger partial charge is 0.314 e. The monoisotopic (exact) mass is 301 g/mol. The van der Waals surface area contributed by atoms with E-state index in [2.05, 4.69) is 14.9 Å². The number of sulfonamides is 1. The molecule has 0 aromatic heterocycles. The molecule has 1 heterocycles. The predicted octanol–water partition coefficient (Wildman–Crippen LogP) is 0.675. The van der Waals surface area contributed by atoms with Crippen LogP contribution in [-0.2, 0) is 10.0 Å². The lowest BCUT2D eigenvalue weighted by Crippen LogP contribution is -2.38. The van der Waals surface area contributed by atoms with Crippen LogP contribution in [0.4, 0.5) is 0 Å². The molecular weight excluding hydrogens is 274 g/mol. The molecule has 0 radical (unpaired) electrons. The molecule has 2 N–H and O–H groups in total. The zero-order valence-corrected chi connectivity index (χ0v) is 13.0. The van der Waals surface area contributed by atoms with Gasteiger partial charge in [-0.15, -0.1) is 0 Å². The third kappa shape index (κ3) is 4.69. The van der Waals surface area contributed by atoms with Crippen LogP contribution in [0.1, 0.15) is 44.9 Å². The molecule has 5 nitrogen and oxygen atoms in total. The fraction of sp³-hybridized carbons (Fsp3) is 1.00. The zero-order valence-electron chi connectivity index (χ0n) is 12.2. The summed E-state index contributed by atoms with van der Waals surface area (Å²) in [6, 6.07) is 1.61. The van der Waals surface area contributed by atoms with Gasteiger partial charge in [0.25, 0.3) is 0 Å². The number of hydrogen-bond acceptors (Lipinski definition) is 4. The van der Waals surface area contributed by atoms with E-state index < -0.39 is 10.0 Å². The molecule has 116 valence electrons. The third-order valence-electron chi connectivity index (χ3n) is 4.48. The van der Waals surface area contributed by atoms with Crippen LogP contribution in [0.3, 0.4) is 0 Å². The Morgan fingerprint density at radius 2 is 1.80 bits per heavy atom. The summed E-state index contributed by atoms with van der Waals surface area (Å²) in [6.45, 7) is 2.93. The number of unbranched alkanes of at least 4 members (excludes halogenated alkanes) is 1. The number of likely N-dealkylation sites (tertiary alicyclic amines) is 1. The van der Waals surface area contributed by atoms with Gasteiger partial charge in [-0.1, -0.05) is 0 Å². The van der Waals surface area contributed by atoms with Gasteiger partial charge in [-0.05, 0) is 51.5 Å². The zero-order chi connectivity index (χ0) is 14.0. The Kier molecular flexibility index (Phi) is 4.65. The minimum absolute atomic E-state index is 0.144. The van der Waals surface area contributed by atoms with Crippen LogP contribution in [0.5, 0.6) is 0 Å². The second-order valence-corrected chi connectivity index (χ2v) is 8.46. The summed E-state index contributed by atoms with van der Waals surface area (Å²) < 4.78 is 27.0. The van der Waals surface area contributed by atoms with Crippen molar-refractivity contribution in [3.05, 3.63) is 0 Å². The summed E-state index contributed by atoms with van der Waals surface area (Å²) in [5.74, 6) is 0.277. The van der Waals surface area contributed by atoms with Crippen LogP contribution in [0.25, 0.3) is 0 Å². The smallest absolute Gasteiger partial charge is 0.211 e. The SMILES string of the molecule is O=S(=O)(CCCCNC1CC1)NC1CCN(C2CC2)C1. The van der Waals surface area contributed by atoms with Crippen molar-refractivity contribution in [2.45, 2.75) is 63.1 Å². The van der Waals surface area contributed by atoms with Gasteiger partial charge in [-0.25, -0.2) is 13.1 Å². The number of nitrogens with zero attached hydrogens (tertiary/aromatic N) is 1. The van der Waals surface area contributed by atoms with Crippen molar-refractivity contribution in [2.75, 3.05) is 25.4 Å². The Hall–Kier alpha value is -0.170. The third-order valence-corrected chi connectivity index (χ3v) is 6.00. The van der Waals surface area contributed by atoms with Gasteiger partial charge in [0.1, 0.15) is 0 Å². The molecule has 0 amide bonds. The van der Waals surface area contributed by atoms with E-state index in [4.69, 9.17) is 0 Å². The molecule has 1 unspecified atom stereocenters. The summed E-state index contributed by atoms with van der Waals surface area (Å²) >= 11 is 0. The van der Waals surface area contributed by atoms with Crippen molar-refractivity contribution in [2.24, 2.45) is 0 Å². The Bertz CT molecular complexity index is 418. The second kappa shape index (κ2) is 6.30. The number of nitrogens with one attached hydrogen (secondary N) is 2. The Morgan fingerprint density at radius 1 is 1.00 bits per heavy atom. The first-order chi connectivity index (χ1) is 9.62. The highest BCUT2D eigenvalue weighted by Crippen LogP contribution is 2.29. The normalized spacial score (nSPS) is 28.1. The van der Waals surface area contributed by atoms with Crippen LogP contribution in [-0.4, -0.2) is 56.8 Å². The highest BCUT2D eigenvalue weighted by molar-refractivity contribution is 7.89. The van der Waals surface area contributed by atoms with Crippen molar-refractivity contribution >= 4 is 10.0 Å². The van der Waals surface area contributed by atoms with Gasteiger partial charge in [-0.2, -0.15) is 0 Å². The lowest BCUT2D eigenvalue weighted by molar-refractivity contribution is 0.322. The minimum atomic E-state index is -3.08. The van der Waals surface area contributed by atoms with Crippen molar-refractivity contribution in [3.8, 4) is 0 Å². The van der Waals surface area contributed by atoms with Crippen molar-refractivity contribution in [1.82, 2.24) is 14.9 Å². The average Bonchev–Trinajstić information content (AvgIpc) is 3.29. The van der Waals surface area contributed by atoms with Crippen LogP contribution in [0, 0.1) is 0 Å².